The third-order valence-corrected chi connectivity index (χ3v) is 6.41. The molecule has 30 heavy (non-hydrogen) atoms. The van der Waals surface area contributed by atoms with Crippen molar-refractivity contribution in [1.29, 1.82) is 0 Å². The van der Waals surface area contributed by atoms with E-state index in [1.54, 1.807) is 47.5 Å². The summed E-state index contributed by atoms with van der Waals surface area (Å²) in [6.07, 6.45) is 3.79. The van der Waals surface area contributed by atoms with E-state index in [9.17, 15) is 13.2 Å². The summed E-state index contributed by atoms with van der Waals surface area (Å²) in [4.78, 5) is 18.5. The Bertz CT molecular complexity index is 1240. The van der Waals surface area contributed by atoms with Crippen LogP contribution in [0.25, 0.3) is 0 Å². The molecule has 2 aliphatic heterocycles. The molecule has 2 aliphatic rings. The van der Waals surface area contributed by atoms with Crippen LogP contribution in [-0.4, -0.2) is 32.6 Å². The van der Waals surface area contributed by atoms with E-state index in [2.05, 4.69) is 9.71 Å². The van der Waals surface area contributed by atoms with Gasteiger partial charge in [0.05, 0.1) is 10.5 Å². The van der Waals surface area contributed by atoms with Crippen LogP contribution >= 0.6 is 0 Å². The van der Waals surface area contributed by atoms with Crippen LogP contribution in [0.1, 0.15) is 15.9 Å². The summed E-state index contributed by atoms with van der Waals surface area (Å²) in [6.45, 7) is 0.604. The molecule has 3 aromatic rings. The molecule has 9 heteroatoms. The van der Waals surface area contributed by atoms with Crippen molar-refractivity contribution >= 4 is 27.3 Å². The molecule has 1 amide bonds. The van der Waals surface area contributed by atoms with Crippen LogP contribution in [0, 0.1) is 0 Å². The van der Waals surface area contributed by atoms with Gasteiger partial charge in [-0.2, -0.15) is 0 Å². The largest absolute Gasteiger partial charge is 0.454 e. The number of amides is 1. The van der Waals surface area contributed by atoms with E-state index in [0.717, 1.165) is 11.3 Å². The predicted octanol–water partition coefficient (Wildman–Crippen LogP) is 2.81. The Balaban J connectivity index is 1.38. The van der Waals surface area contributed by atoms with E-state index in [-0.39, 0.29) is 17.6 Å². The highest BCUT2D eigenvalue weighted by Crippen LogP contribution is 2.35. The number of hydrogen-bond donors (Lipinski definition) is 1. The first-order valence-corrected chi connectivity index (χ1v) is 10.8. The van der Waals surface area contributed by atoms with Gasteiger partial charge in [-0.15, -0.1) is 0 Å². The van der Waals surface area contributed by atoms with Gasteiger partial charge in [0, 0.05) is 36.4 Å². The van der Waals surface area contributed by atoms with Gasteiger partial charge in [0.2, 0.25) is 6.79 Å². The van der Waals surface area contributed by atoms with E-state index in [1.165, 1.54) is 18.3 Å². The van der Waals surface area contributed by atoms with E-state index in [1.807, 2.05) is 0 Å². The number of nitrogens with zero attached hydrogens (tertiary/aromatic N) is 2. The average molecular weight is 423 g/mol. The minimum absolute atomic E-state index is 0.0748. The number of aromatic nitrogens is 1. The van der Waals surface area contributed by atoms with Crippen LogP contribution in [0.5, 0.6) is 11.5 Å². The lowest BCUT2D eigenvalue weighted by molar-refractivity contribution is 0.0989. The summed E-state index contributed by atoms with van der Waals surface area (Å²) >= 11 is 0. The van der Waals surface area contributed by atoms with Gasteiger partial charge in [0.1, 0.15) is 0 Å². The Morgan fingerprint density at radius 2 is 1.93 bits per heavy atom. The molecule has 2 aromatic carbocycles. The molecule has 0 spiro atoms. The van der Waals surface area contributed by atoms with Crippen LogP contribution in [0.2, 0.25) is 0 Å². The molecule has 0 fully saturated rings. The number of nitrogens with one attached hydrogen (secondary N) is 1. The monoisotopic (exact) mass is 423 g/mol. The maximum absolute atomic E-state index is 12.8. The normalized spacial score (nSPS) is 14.5. The molecule has 0 saturated carbocycles. The molecular formula is C21H17N3O5S. The Morgan fingerprint density at radius 3 is 2.77 bits per heavy atom. The molecule has 8 nitrogen and oxygen atoms in total. The molecule has 0 aliphatic carbocycles. The maximum atomic E-state index is 12.8. The van der Waals surface area contributed by atoms with Gasteiger partial charge in [-0.05, 0) is 54.4 Å². The molecule has 0 radical (unpaired) electrons. The maximum Gasteiger partial charge on any atom is 0.262 e. The van der Waals surface area contributed by atoms with E-state index in [4.69, 9.17) is 9.47 Å². The second kappa shape index (κ2) is 7.03. The van der Waals surface area contributed by atoms with E-state index >= 15 is 0 Å². The molecular weight excluding hydrogens is 406 g/mol. The molecule has 3 heterocycles. The van der Waals surface area contributed by atoms with Gasteiger partial charge in [0.15, 0.2) is 11.5 Å². The van der Waals surface area contributed by atoms with Gasteiger partial charge < -0.3 is 14.4 Å². The predicted molar refractivity (Wildman–Crippen MR) is 109 cm³/mol. The van der Waals surface area contributed by atoms with Crippen LogP contribution in [0.15, 0.2) is 65.8 Å². The molecule has 1 aromatic heterocycles. The minimum Gasteiger partial charge on any atom is -0.454 e. The number of sulfonamides is 1. The number of pyridine rings is 1. The number of carbonyl (C=O) groups is 1. The first-order chi connectivity index (χ1) is 14.5. The van der Waals surface area contributed by atoms with Crippen molar-refractivity contribution in [3.05, 3.63) is 72.1 Å². The molecule has 0 bridgehead atoms. The minimum atomic E-state index is -3.80. The second-order valence-corrected chi connectivity index (χ2v) is 8.59. The van der Waals surface area contributed by atoms with Gasteiger partial charge in [-0.3, -0.25) is 14.5 Å². The number of benzene rings is 2. The molecule has 0 atom stereocenters. The highest BCUT2D eigenvalue weighted by atomic mass is 32.2. The number of fused-ring (bicyclic) bond motifs is 2. The van der Waals surface area contributed by atoms with Gasteiger partial charge >= 0.3 is 0 Å². The number of carbonyl (C=O) groups excluding carboxylic acids is 1. The van der Waals surface area contributed by atoms with Crippen molar-refractivity contribution in [3.63, 3.8) is 0 Å². The summed E-state index contributed by atoms with van der Waals surface area (Å²) in [7, 11) is -3.80. The lowest BCUT2D eigenvalue weighted by Gasteiger charge is -2.17. The van der Waals surface area contributed by atoms with Crippen molar-refractivity contribution < 1.29 is 22.7 Å². The van der Waals surface area contributed by atoms with Gasteiger partial charge in [0.25, 0.3) is 15.9 Å². The fourth-order valence-corrected chi connectivity index (χ4v) is 4.64. The van der Waals surface area contributed by atoms with Crippen LogP contribution in [-0.2, 0) is 16.4 Å². The Labute approximate surface area is 173 Å². The highest BCUT2D eigenvalue weighted by molar-refractivity contribution is 7.92. The van der Waals surface area contributed by atoms with Crippen molar-refractivity contribution in [3.8, 4) is 11.5 Å². The Morgan fingerprint density at radius 1 is 1.07 bits per heavy atom. The van der Waals surface area contributed by atoms with Crippen LogP contribution in [0.4, 0.5) is 11.4 Å². The van der Waals surface area contributed by atoms with Crippen LogP contribution < -0.4 is 19.1 Å². The fourth-order valence-electron chi connectivity index (χ4n) is 3.58. The molecule has 0 saturated heterocycles. The Kier molecular flexibility index (Phi) is 4.32. The molecule has 1 N–H and O–H groups in total. The zero-order chi connectivity index (χ0) is 20.7. The second-order valence-electron chi connectivity index (χ2n) is 6.91. The number of anilines is 2. The highest BCUT2D eigenvalue weighted by Gasteiger charge is 2.27. The van der Waals surface area contributed by atoms with Crippen molar-refractivity contribution in [2.75, 3.05) is 23.0 Å². The number of ether oxygens (including phenoxy) is 2. The van der Waals surface area contributed by atoms with E-state index < -0.39 is 10.0 Å². The molecule has 152 valence electrons. The lowest BCUT2D eigenvalue weighted by atomic mass is 10.1. The van der Waals surface area contributed by atoms with Gasteiger partial charge in [-0.25, -0.2) is 8.42 Å². The summed E-state index contributed by atoms with van der Waals surface area (Å²) in [5, 5.41) is 0. The third kappa shape index (κ3) is 3.22. The SMILES string of the molecule is O=C(c1cccnc1)N1CCc2cc(NS(=O)(=O)c3ccc4c(c3)OCO4)ccc21. The zero-order valence-electron chi connectivity index (χ0n) is 15.7. The quantitative estimate of drug-likeness (QED) is 0.693. The van der Waals surface area contributed by atoms with Gasteiger partial charge in [-0.1, -0.05) is 0 Å². The zero-order valence-corrected chi connectivity index (χ0v) is 16.6. The van der Waals surface area contributed by atoms with Crippen molar-refractivity contribution in [2.45, 2.75) is 11.3 Å². The number of rotatable bonds is 4. The third-order valence-electron chi connectivity index (χ3n) is 5.04. The lowest BCUT2D eigenvalue weighted by Crippen LogP contribution is -2.28. The summed E-state index contributed by atoms with van der Waals surface area (Å²) in [5.41, 5.74) is 2.62. The summed E-state index contributed by atoms with van der Waals surface area (Å²) in [5.74, 6) is 0.789. The fraction of sp³-hybridized carbons (Fsp3) is 0.143. The Hall–Kier alpha value is -3.59. The topological polar surface area (TPSA) is 97.8 Å². The molecule has 5 rings (SSSR count). The average Bonchev–Trinajstić information content (AvgIpc) is 3.39. The van der Waals surface area contributed by atoms with Crippen molar-refractivity contribution in [2.24, 2.45) is 0 Å². The first-order valence-electron chi connectivity index (χ1n) is 9.28. The van der Waals surface area contributed by atoms with Crippen molar-refractivity contribution in [1.82, 2.24) is 4.98 Å². The summed E-state index contributed by atoms with van der Waals surface area (Å²) < 4.78 is 38.6. The first kappa shape index (κ1) is 18.4. The van der Waals surface area contributed by atoms with E-state index in [0.29, 0.717) is 35.7 Å². The molecule has 0 unspecified atom stereocenters. The number of hydrogen-bond acceptors (Lipinski definition) is 6. The summed E-state index contributed by atoms with van der Waals surface area (Å²) in [6, 6.07) is 13.1. The standard InChI is InChI=1S/C21H17N3O5S/c25-21(15-2-1-8-22-12-15)24-9-7-14-10-16(3-5-18(14)24)23-30(26,27)17-4-6-19-20(11-17)29-13-28-19/h1-6,8,10-12,23H,7,9,13H2. The smallest absolute Gasteiger partial charge is 0.262 e. The van der Waals surface area contributed by atoms with Crippen LogP contribution in [0.3, 0.4) is 0 Å².